The Kier molecular flexibility index (Phi) is 6.19. The first-order valence-electron chi connectivity index (χ1n) is 9.96. The van der Waals surface area contributed by atoms with Crippen LogP contribution in [0, 0.1) is 0 Å². The number of ketones is 1. The minimum Gasteiger partial charge on any atom is -0.463 e. The molecule has 7 heteroatoms. The molecule has 2 heterocycles. The largest absolute Gasteiger partial charge is 0.463 e. The number of furan rings is 1. The van der Waals surface area contributed by atoms with E-state index >= 15 is 0 Å². The van der Waals surface area contributed by atoms with E-state index in [0.29, 0.717) is 34.8 Å². The molecule has 4 rings (SSSR count). The van der Waals surface area contributed by atoms with E-state index in [1.807, 2.05) is 19.0 Å². The van der Waals surface area contributed by atoms with Crippen molar-refractivity contribution in [2.24, 2.45) is 0 Å². The fraction of sp³-hybridized carbons (Fsp3) is 0.250. The molecule has 0 bridgehead atoms. The summed E-state index contributed by atoms with van der Waals surface area (Å²) in [6.45, 7) is 1.80. The van der Waals surface area contributed by atoms with Gasteiger partial charge in [-0.3, -0.25) is 9.59 Å². The van der Waals surface area contributed by atoms with Crippen molar-refractivity contribution in [2.45, 2.75) is 19.5 Å². The molecule has 160 valence electrons. The third-order valence-electron chi connectivity index (χ3n) is 5.28. The summed E-state index contributed by atoms with van der Waals surface area (Å²) < 4.78 is 5.95. The van der Waals surface area contributed by atoms with E-state index in [-0.39, 0.29) is 16.7 Å². The molecule has 2 aromatic carbocycles. The highest BCUT2D eigenvalue weighted by molar-refractivity contribution is 6.44. The lowest BCUT2D eigenvalue weighted by atomic mass is 10.0. The molecule has 0 N–H and O–H groups in total. The van der Waals surface area contributed by atoms with E-state index in [0.717, 1.165) is 24.5 Å². The lowest BCUT2D eigenvalue weighted by Gasteiger charge is -2.26. The number of hydrogen-bond donors (Lipinski definition) is 0. The van der Waals surface area contributed by atoms with Crippen molar-refractivity contribution in [3.63, 3.8) is 0 Å². The topological polar surface area (TPSA) is 53.8 Å². The lowest BCUT2D eigenvalue weighted by Crippen LogP contribution is -2.35. The summed E-state index contributed by atoms with van der Waals surface area (Å²) in [6.07, 6.45) is 0.766. The van der Waals surface area contributed by atoms with Gasteiger partial charge in [0.25, 0.3) is 5.91 Å². The van der Waals surface area contributed by atoms with Gasteiger partial charge >= 0.3 is 0 Å². The van der Waals surface area contributed by atoms with Crippen molar-refractivity contribution >= 4 is 34.9 Å². The van der Waals surface area contributed by atoms with E-state index in [4.69, 9.17) is 27.6 Å². The summed E-state index contributed by atoms with van der Waals surface area (Å²) in [5.41, 5.74) is 2.47. The Bertz CT molecular complexity index is 1140. The Morgan fingerprint density at radius 1 is 1.06 bits per heavy atom. The van der Waals surface area contributed by atoms with Gasteiger partial charge < -0.3 is 14.2 Å². The molecule has 3 aromatic rings. The van der Waals surface area contributed by atoms with Crippen LogP contribution >= 0.6 is 23.2 Å². The second-order valence-corrected chi connectivity index (χ2v) is 8.67. The molecule has 0 unspecified atom stereocenters. The van der Waals surface area contributed by atoms with Gasteiger partial charge in [-0.25, -0.2) is 0 Å². The summed E-state index contributed by atoms with van der Waals surface area (Å²) >= 11 is 12.2. The molecule has 1 aliphatic rings. The number of amides is 1. The predicted octanol–water partition coefficient (Wildman–Crippen LogP) is 5.08. The highest BCUT2D eigenvalue weighted by Crippen LogP contribution is 2.28. The fourth-order valence-corrected chi connectivity index (χ4v) is 4.11. The van der Waals surface area contributed by atoms with Crippen LogP contribution in [-0.2, 0) is 19.5 Å². The molecule has 1 amide bonds. The van der Waals surface area contributed by atoms with E-state index in [9.17, 15) is 9.59 Å². The molecule has 0 spiro atoms. The molecule has 0 atom stereocenters. The highest BCUT2D eigenvalue weighted by atomic mass is 35.5. The monoisotopic (exact) mass is 456 g/mol. The van der Waals surface area contributed by atoms with Crippen molar-refractivity contribution in [1.82, 2.24) is 9.80 Å². The first-order valence-corrected chi connectivity index (χ1v) is 10.7. The van der Waals surface area contributed by atoms with Crippen LogP contribution in [0.25, 0.3) is 0 Å². The molecule has 1 aromatic heterocycles. The molecule has 0 fully saturated rings. The maximum Gasteiger partial charge on any atom is 0.254 e. The second-order valence-electron chi connectivity index (χ2n) is 7.88. The molecule has 0 aliphatic carbocycles. The van der Waals surface area contributed by atoms with Crippen LogP contribution in [0.2, 0.25) is 10.0 Å². The molecule has 0 radical (unpaired) electrons. The van der Waals surface area contributed by atoms with Gasteiger partial charge in [0.05, 0.1) is 23.1 Å². The first-order chi connectivity index (χ1) is 14.8. The van der Waals surface area contributed by atoms with Crippen molar-refractivity contribution in [3.8, 4) is 0 Å². The Balaban J connectivity index is 1.48. The minimum absolute atomic E-state index is 0.0870. The summed E-state index contributed by atoms with van der Waals surface area (Å²) in [7, 11) is 3.98. The number of carbonyl (C=O) groups excluding carboxylic acids is 2. The Morgan fingerprint density at radius 3 is 2.48 bits per heavy atom. The minimum atomic E-state index is -0.238. The van der Waals surface area contributed by atoms with Crippen LogP contribution < -0.4 is 0 Å². The summed E-state index contributed by atoms with van der Waals surface area (Å²) in [4.78, 5) is 29.6. The zero-order chi connectivity index (χ0) is 22.1. The van der Waals surface area contributed by atoms with Crippen LogP contribution in [0.1, 0.15) is 43.4 Å². The van der Waals surface area contributed by atoms with E-state index < -0.39 is 0 Å². The molecule has 0 saturated carbocycles. The van der Waals surface area contributed by atoms with Crippen LogP contribution in [0.3, 0.4) is 0 Å². The van der Waals surface area contributed by atoms with E-state index in [1.165, 1.54) is 5.56 Å². The number of fused-ring (bicyclic) bond motifs is 1. The van der Waals surface area contributed by atoms with Crippen LogP contribution in [-0.4, -0.2) is 42.1 Å². The van der Waals surface area contributed by atoms with Gasteiger partial charge in [0.2, 0.25) is 0 Å². The Labute approximate surface area is 191 Å². The van der Waals surface area contributed by atoms with Crippen LogP contribution in [0.5, 0.6) is 0 Å². The van der Waals surface area contributed by atoms with Crippen molar-refractivity contribution in [2.75, 3.05) is 20.6 Å². The third kappa shape index (κ3) is 4.54. The molecule has 31 heavy (non-hydrogen) atoms. The number of hydrogen-bond acceptors (Lipinski definition) is 4. The highest BCUT2D eigenvalue weighted by Gasteiger charge is 2.25. The molecule has 5 nitrogen and oxygen atoms in total. The summed E-state index contributed by atoms with van der Waals surface area (Å²) in [5.74, 6) is 1.43. The fourth-order valence-electron chi connectivity index (χ4n) is 3.73. The van der Waals surface area contributed by atoms with Crippen LogP contribution in [0.4, 0.5) is 0 Å². The molecule has 1 aliphatic heterocycles. The van der Waals surface area contributed by atoms with Gasteiger partial charge in [0.1, 0.15) is 11.5 Å². The first kappa shape index (κ1) is 21.6. The standard InChI is InChI=1S/C24H22Cl2N2O3/c1-27(2)13-18-12-17-10-11-28(14-21(17)31-18)24(30)16-8-6-15(7-9-16)23(29)19-4-3-5-20(25)22(19)26/h3-9,12H,10-11,13-14H2,1-2H3. The number of rotatable bonds is 5. The van der Waals surface area contributed by atoms with Crippen molar-refractivity contribution in [1.29, 1.82) is 0 Å². The number of carbonyl (C=O) groups is 2. The van der Waals surface area contributed by atoms with Gasteiger partial charge in [-0.1, -0.05) is 41.4 Å². The zero-order valence-electron chi connectivity index (χ0n) is 17.3. The number of halogens is 2. The lowest BCUT2D eigenvalue weighted by molar-refractivity contribution is 0.0718. The van der Waals surface area contributed by atoms with Gasteiger partial charge in [-0.15, -0.1) is 0 Å². The normalized spacial score (nSPS) is 13.4. The van der Waals surface area contributed by atoms with E-state index in [2.05, 4.69) is 6.07 Å². The van der Waals surface area contributed by atoms with Gasteiger partial charge in [-0.2, -0.15) is 0 Å². The van der Waals surface area contributed by atoms with Gasteiger partial charge in [0, 0.05) is 23.2 Å². The quantitative estimate of drug-likeness (QED) is 0.502. The zero-order valence-corrected chi connectivity index (χ0v) is 18.8. The van der Waals surface area contributed by atoms with Gasteiger partial charge in [0.15, 0.2) is 5.78 Å². The Morgan fingerprint density at radius 2 is 1.77 bits per heavy atom. The average molecular weight is 457 g/mol. The van der Waals surface area contributed by atoms with Gasteiger partial charge in [-0.05, 0) is 56.4 Å². The Hall–Kier alpha value is -2.60. The SMILES string of the molecule is CN(C)Cc1cc2c(o1)CN(C(=O)c1ccc(C(=O)c3cccc(Cl)c3Cl)cc1)CC2. The van der Waals surface area contributed by atoms with Crippen molar-refractivity contribution < 1.29 is 14.0 Å². The van der Waals surface area contributed by atoms with E-state index in [1.54, 1.807) is 47.4 Å². The third-order valence-corrected chi connectivity index (χ3v) is 6.10. The smallest absolute Gasteiger partial charge is 0.254 e. The average Bonchev–Trinajstić information content (AvgIpc) is 3.15. The summed E-state index contributed by atoms with van der Waals surface area (Å²) in [6, 6.07) is 13.7. The predicted molar refractivity (Wildman–Crippen MR) is 121 cm³/mol. The van der Waals surface area contributed by atoms with Crippen LogP contribution in [0.15, 0.2) is 52.9 Å². The molecule has 0 saturated heterocycles. The maximum absolute atomic E-state index is 13.0. The second kappa shape index (κ2) is 8.87. The number of benzene rings is 2. The summed E-state index contributed by atoms with van der Waals surface area (Å²) in [5, 5.41) is 0.556. The number of nitrogens with zero attached hydrogens (tertiary/aromatic N) is 2. The van der Waals surface area contributed by atoms with Crippen molar-refractivity contribution in [3.05, 3.63) is 92.4 Å². The molecular formula is C24H22Cl2N2O3. The molecular weight excluding hydrogens is 435 g/mol. The maximum atomic E-state index is 13.0.